The lowest BCUT2D eigenvalue weighted by molar-refractivity contribution is 0.0429. The number of aromatic amines is 1. The Morgan fingerprint density at radius 1 is 0.970 bits per heavy atom. The van der Waals surface area contributed by atoms with Gasteiger partial charge in [-0.15, -0.1) is 0 Å². The van der Waals surface area contributed by atoms with Gasteiger partial charge < -0.3 is 10.3 Å². The molecule has 7 nitrogen and oxygen atoms in total. The lowest BCUT2D eigenvalue weighted by Crippen LogP contribution is -2.17. The predicted octanol–water partition coefficient (Wildman–Crippen LogP) is 4.45. The zero-order chi connectivity index (χ0) is 23.6. The standard InChI is InChI=1S/C23H19F2N3O4S/c1-28(32-33(30)31)19-11-10-15-12-21(27-20(15)14-19)22(29)26-18-9-5-8-17(13-18)23(24,25)16-6-3-2-4-7-16/h2-14,27,33H,1H3,(H,26,29). The maximum Gasteiger partial charge on any atom is 0.298 e. The Kier molecular flexibility index (Phi) is 6.12. The summed E-state index contributed by atoms with van der Waals surface area (Å²) >= 11 is 0. The number of fused-ring (bicyclic) bond motifs is 1. The maximum absolute atomic E-state index is 14.9. The van der Waals surface area contributed by atoms with Gasteiger partial charge in [0.15, 0.2) is 0 Å². The van der Waals surface area contributed by atoms with Crippen LogP contribution in [0.3, 0.4) is 0 Å². The van der Waals surface area contributed by atoms with Crippen LogP contribution in [0.15, 0.2) is 78.9 Å². The van der Waals surface area contributed by atoms with Gasteiger partial charge in [0, 0.05) is 34.8 Å². The third kappa shape index (κ3) is 4.86. The number of H-pyrrole nitrogens is 1. The molecule has 4 rings (SSSR count). The Morgan fingerprint density at radius 3 is 2.42 bits per heavy atom. The van der Waals surface area contributed by atoms with Crippen molar-refractivity contribution in [3.05, 3.63) is 95.7 Å². The van der Waals surface area contributed by atoms with Crippen molar-refractivity contribution in [2.24, 2.45) is 0 Å². The fraction of sp³-hybridized carbons (Fsp3) is 0.0870. The number of hydrogen-bond acceptors (Lipinski definition) is 5. The monoisotopic (exact) mass is 471 g/mol. The molecule has 0 bridgehead atoms. The van der Waals surface area contributed by atoms with Crippen molar-refractivity contribution in [3.63, 3.8) is 0 Å². The van der Waals surface area contributed by atoms with Crippen molar-refractivity contribution in [1.29, 1.82) is 0 Å². The lowest BCUT2D eigenvalue weighted by Gasteiger charge is -2.18. The van der Waals surface area contributed by atoms with E-state index >= 15 is 0 Å². The maximum atomic E-state index is 14.9. The molecule has 0 spiro atoms. The number of hydrogen-bond donors (Lipinski definition) is 3. The quantitative estimate of drug-likeness (QED) is 0.274. The van der Waals surface area contributed by atoms with Gasteiger partial charge in [0.2, 0.25) is 0 Å². The minimum atomic E-state index is -3.22. The minimum absolute atomic E-state index is 0.143. The molecular formula is C23H19F2N3O4S. The molecule has 1 amide bonds. The number of amides is 1. The SMILES string of the molecule is CN(O[SH](=O)=O)c1ccc2cc(C(=O)Nc3cccc(C(F)(F)c4ccccc4)c3)[nH]c2c1. The fourth-order valence-corrected chi connectivity index (χ4v) is 3.68. The molecule has 0 saturated heterocycles. The van der Waals surface area contributed by atoms with Crippen molar-refractivity contribution in [1.82, 2.24) is 4.98 Å². The summed E-state index contributed by atoms with van der Waals surface area (Å²) < 4.78 is 55.9. The molecule has 0 radical (unpaired) electrons. The van der Waals surface area contributed by atoms with Crippen LogP contribution < -0.4 is 10.4 Å². The first-order valence-electron chi connectivity index (χ1n) is 9.78. The van der Waals surface area contributed by atoms with Gasteiger partial charge >= 0.3 is 0 Å². The molecule has 1 aromatic heterocycles. The third-order valence-corrected chi connectivity index (χ3v) is 5.40. The average Bonchev–Trinajstić information content (AvgIpc) is 3.23. The van der Waals surface area contributed by atoms with Gasteiger partial charge in [0.25, 0.3) is 22.8 Å². The average molecular weight is 471 g/mol. The van der Waals surface area contributed by atoms with Crippen LogP contribution in [-0.4, -0.2) is 26.4 Å². The molecule has 2 N–H and O–H groups in total. The number of nitrogens with zero attached hydrogens (tertiary/aromatic N) is 1. The summed E-state index contributed by atoms with van der Waals surface area (Å²) in [5.74, 6) is -3.73. The highest BCUT2D eigenvalue weighted by Crippen LogP contribution is 2.36. The highest BCUT2D eigenvalue weighted by atomic mass is 32.2. The largest absolute Gasteiger partial charge is 0.350 e. The molecule has 33 heavy (non-hydrogen) atoms. The van der Waals surface area contributed by atoms with Crippen LogP contribution in [0.5, 0.6) is 0 Å². The first-order valence-corrected chi connectivity index (χ1v) is 10.9. The van der Waals surface area contributed by atoms with E-state index in [1.807, 2.05) is 0 Å². The van der Waals surface area contributed by atoms with Gasteiger partial charge in [-0.2, -0.15) is 13.1 Å². The van der Waals surface area contributed by atoms with Crippen molar-refractivity contribution in [3.8, 4) is 0 Å². The van der Waals surface area contributed by atoms with Crippen LogP contribution in [-0.2, 0) is 21.2 Å². The van der Waals surface area contributed by atoms with E-state index in [-0.39, 0.29) is 22.5 Å². The van der Waals surface area contributed by atoms with Crippen molar-refractivity contribution < 1.29 is 26.3 Å². The van der Waals surface area contributed by atoms with Gasteiger partial charge in [-0.1, -0.05) is 48.5 Å². The molecule has 0 fully saturated rings. The summed E-state index contributed by atoms with van der Waals surface area (Å²) in [5, 5.41) is 4.40. The summed E-state index contributed by atoms with van der Waals surface area (Å²) in [6.45, 7) is 0. The predicted molar refractivity (Wildman–Crippen MR) is 122 cm³/mol. The second-order valence-electron chi connectivity index (χ2n) is 7.23. The van der Waals surface area contributed by atoms with Gasteiger partial charge in [0.05, 0.1) is 5.69 Å². The summed E-state index contributed by atoms with van der Waals surface area (Å²) in [5.41, 5.74) is 1.06. The topological polar surface area (TPSA) is 91.5 Å². The highest BCUT2D eigenvalue weighted by molar-refractivity contribution is 7.67. The molecule has 1 heterocycles. The van der Waals surface area contributed by atoms with Gasteiger partial charge in [-0.25, -0.2) is 13.5 Å². The normalized spacial score (nSPS) is 11.6. The number of aromatic nitrogens is 1. The van der Waals surface area contributed by atoms with Crippen LogP contribution >= 0.6 is 0 Å². The van der Waals surface area contributed by atoms with Crippen LogP contribution in [0.25, 0.3) is 10.9 Å². The zero-order valence-corrected chi connectivity index (χ0v) is 18.2. The van der Waals surface area contributed by atoms with E-state index in [0.717, 1.165) is 5.06 Å². The lowest BCUT2D eigenvalue weighted by atomic mass is 10.00. The van der Waals surface area contributed by atoms with Crippen molar-refractivity contribution in [2.75, 3.05) is 17.4 Å². The molecule has 0 aliphatic heterocycles. The summed E-state index contributed by atoms with van der Waals surface area (Å²) in [6.07, 6.45) is 0. The van der Waals surface area contributed by atoms with Crippen molar-refractivity contribution in [2.45, 2.75) is 5.92 Å². The van der Waals surface area contributed by atoms with Gasteiger partial charge in [0.1, 0.15) is 5.69 Å². The number of benzene rings is 3. The first kappa shape index (κ1) is 22.4. The Bertz CT molecular complexity index is 1380. The number of hydroxylamine groups is 1. The number of anilines is 2. The second kappa shape index (κ2) is 9.00. The summed E-state index contributed by atoms with van der Waals surface area (Å²) in [4.78, 5) is 15.7. The Balaban J connectivity index is 1.55. The van der Waals surface area contributed by atoms with E-state index in [1.165, 1.54) is 43.4 Å². The van der Waals surface area contributed by atoms with E-state index in [0.29, 0.717) is 16.6 Å². The van der Waals surface area contributed by atoms with Crippen molar-refractivity contribution >= 4 is 39.2 Å². The molecule has 170 valence electrons. The van der Waals surface area contributed by atoms with Crippen LogP contribution in [0, 0.1) is 0 Å². The zero-order valence-electron chi connectivity index (χ0n) is 17.3. The number of thiol groups is 1. The number of nitrogens with one attached hydrogen (secondary N) is 2. The van der Waals surface area contributed by atoms with Gasteiger partial charge in [-0.05, 0) is 30.3 Å². The number of halogens is 2. The Labute approximate surface area is 189 Å². The molecule has 3 aromatic carbocycles. The Morgan fingerprint density at radius 2 is 1.70 bits per heavy atom. The molecule has 0 aliphatic carbocycles. The molecule has 4 aromatic rings. The smallest absolute Gasteiger partial charge is 0.298 e. The van der Waals surface area contributed by atoms with Crippen LogP contribution in [0.4, 0.5) is 20.2 Å². The van der Waals surface area contributed by atoms with E-state index in [4.69, 9.17) is 0 Å². The first-order chi connectivity index (χ1) is 15.7. The highest BCUT2D eigenvalue weighted by Gasteiger charge is 2.33. The van der Waals surface area contributed by atoms with Crippen LogP contribution in [0.2, 0.25) is 0 Å². The number of rotatable bonds is 7. The molecular weight excluding hydrogens is 452 g/mol. The number of carbonyl (C=O) groups excluding carboxylic acids is 1. The number of alkyl halides is 2. The van der Waals surface area contributed by atoms with E-state index in [9.17, 15) is 22.0 Å². The number of carbonyl (C=O) groups is 1. The van der Waals surface area contributed by atoms with Crippen LogP contribution in [0.1, 0.15) is 21.6 Å². The van der Waals surface area contributed by atoms with E-state index < -0.39 is 22.8 Å². The van der Waals surface area contributed by atoms with E-state index in [1.54, 1.807) is 42.5 Å². The molecule has 0 unspecified atom stereocenters. The Hall–Kier alpha value is -3.76. The molecule has 0 aliphatic rings. The third-order valence-electron chi connectivity index (χ3n) is 5.02. The van der Waals surface area contributed by atoms with Gasteiger partial charge in [-0.3, -0.25) is 4.79 Å². The molecule has 10 heteroatoms. The summed E-state index contributed by atoms with van der Waals surface area (Å²) in [6, 6.07) is 19.5. The second-order valence-corrected chi connectivity index (χ2v) is 7.84. The van der Waals surface area contributed by atoms with E-state index in [2.05, 4.69) is 14.6 Å². The summed E-state index contributed by atoms with van der Waals surface area (Å²) in [7, 11) is -1.64. The minimum Gasteiger partial charge on any atom is -0.350 e. The molecule has 0 saturated carbocycles. The fourth-order valence-electron chi connectivity index (χ4n) is 3.39. The molecule has 0 atom stereocenters.